The van der Waals surface area contributed by atoms with Gasteiger partial charge in [-0.3, -0.25) is 9.59 Å². The Bertz CT molecular complexity index is 1010. The van der Waals surface area contributed by atoms with E-state index in [0.29, 0.717) is 5.56 Å². The summed E-state index contributed by atoms with van der Waals surface area (Å²) in [6.07, 6.45) is 3.13. The monoisotopic (exact) mass is 405 g/mol. The molecule has 7 heteroatoms. The molecule has 6 nitrogen and oxygen atoms in total. The molecule has 0 aliphatic carbocycles. The van der Waals surface area contributed by atoms with E-state index in [2.05, 4.69) is 15.8 Å². The maximum atomic E-state index is 12.6. The number of hydrazone groups is 1. The van der Waals surface area contributed by atoms with Gasteiger partial charge in [0.1, 0.15) is 11.4 Å². The van der Waals surface area contributed by atoms with Crippen LogP contribution in [-0.2, 0) is 4.79 Å². The fourth-order valence-corrected chi connectivity index (χ4v) is 3.03. The molecule has 2 N–H and O–H groups in total. The fourth-order valence-electron chi connectivity index (χ4n) is 2.37. The van der Waals surface area contributed by atoms with Gasteiger partial charge in [-0.2, -0.15) is 5.10 Å². The molecule has 29 heavy (non-hydrogen) atoms. The molecule has 1 aromatic heterocycles. The molecule has 0 bridgehead atoms. The second-order valence-electron chi connectivity index (χ2n) is 5.87. The third kappa shape index (κ3) is 5.88. The average molecular weight is 405 g/mol. The van der Waals surface area contributed by atoms with Crippen molar-refractivity contribution in [2.45, 2.75) is 0 Å². The number of amides is 2. The minimum absolute atomic E-state index is 0.105. The quantitative estimate of drug-likeness (QED) is 0.358. The zero-order chi connectivity index (χ0) is 20.5. The molecule has 0 saturated heterocycles. The first kappa shape index (κ1) is 20.0. The molecule has 146 valence electrons. The van der Waals surface area contributed by atoms with Crippen molar-refractivity contribution < 1.29 is 14.3 Å². The second-order valence-corrected chi connectivity index (χ2v) is 6.85. The number of thiophene rings is 1. The van der Waals surface area contributed by atoms with Crippen LogP contribution >= 0.6 is 11.3 Å². The van der Waals surface area contributed by atoms with Gasteiger partial charge in [0.25, 0.3) is 11.8 Å². The number of hydrogen-bond donors (Lipinski definition) is 2. The highest BCUT2D eigenvalue weighted by Crippen LogP contribution is 2.13. The standard InChI is InChI=1S/C22H19N3O3S/c1-28-18-11-9-16(10-12-18)15-23-25-22(27)20(14-19-8-5-13-29-19)24-21(26)17-6-3-2-4-7-17/h2-15H,1H3,(H,24,26)(H,25,27). The minimum atomic E-state index is -0.521. The lowest BCUT2D eigenvalue weighted by Crippen LogP contribution is -2.32. The van der Waals surface area contributed by atoms with E-state index in [9.17, 15) is 9.59 Å². The minimum Gasteiger partial charge on any atom is -0.497 e. The Labute approximate surface area is 172 Å². The Morgan fingerprint density at radius 1 is 1.00 bits per heavy atom. The Kier molecular flexibility index (Phi) is 6.91. The maximum Gasteiger partial charge on any atom is 0.287 e. The zero-order valence-corrected chi connectivity index (χ0v) is 16.5. The molecule has 3 rings (SSSR count). The SMILES string of the molecule is COc1ccc(C=NNC(=O)C(=Cc2cccs2)NC(=O)c2ccccc2)cc1. The highest BCUT2D eigenvalue weighted by molar-refractivity contribution is 7.10. The molecule has 0 unspecified atom stereocenters. The Hall–Kier alpha value is -3.71. The van der Waals surface area contributed by atoms with Crippen molar-refractivity contribution in [1.82, 2.24) is 10.7 Å². The van der Waals surface area contributed by atoms with E-state index < -0.39 is 5.91 Å². The maximum absolute atomic E-state index is 12.6. The third-order valence-corrected chi connectivity index (χ3v) is 4.67. The smallest absolute Gasteiger partial charge is 0.287 e. The van der Waals surface area contributed by atoms with Crippen LogP contribution in [0.15, 0.2) is 82.9 Å². The first-order chi connectivity index (χ1) is 14.2. The number of nitrogens with one attached hydrogen (secondary N) is 2. The Morgan fingerprint density at radius 2 is 1.76 bits per heavy atom. The van der Waals surface area contributed by atoms with Gasteiger partial charge in [-0.1, -0.05) is 24.3 Å². The lowest BCUT2D eigenvalue weighted by molar-refractivity contribution is -0.117. The predicted molar refractivity (Wildman–Crippen MR) is 115 cm³/mol. The van der Waals surface area contributed by atoms with Crippen molar-refractivity contribution in [3.63, 3.8) is 0 Å². The number of hydrogen-bond acceptors (Lipinski definition) is 5. The summed E-state index contributed by atoms with van der Waals surface area (Å²) in [5.41, 5.74) is 3.81. The number of carbonyl (C=O) groups excluding carboxylic acids is 2. The van der Waals surface area contributed by atoms with Crippen molar-refractivity contribution in [2.24, 2.45) is 5.10 Å². The van der Waals surface area contributed by atoms with Gasteiger partial charge in [0.2, 0.25) is 0 Å². The molecule has 1 heterocycles. The number of benzene rings is 2. The summed E-state index contributed by atoms with van der Waals surface area (Å²) in [4.78, 5) is 25.9. The first-order valence-electron chi connectivity index (χ1n) is 8.75. The molecule has 2 aromatic carbocycles. The van der Waals surface area contributed by atoms with E-state index in [-0.39, 0.29) is 11.6 Å². The van der Waals surface area contributed by atoms with Crippen LogP contribution in [0.5, 0.6) is 5.75 Å². The summed E-state index contributed by atoms with van der Waals surface area (Å²) in [5, 5.41) is 8.53. The molecule has 0 fully saturated rings. The van der Waals surface area contributed by atoms with Gasteiger partial charge in [-0.05, 0) is 59.5 Å². The van der Waals surface area contributed by atoms with E-state index in [1.165, 1.54) is 17.6 Å². The van der Waals surface area contributed by atoms with Crippen molar-refractivity contribution in [2.75, 3.05) is 7.11 Å². The van der Waals surface area contributed by atoms with Crippen LogP contribution in [0.1, 0.15) is 20.8 Å². The summed E-state index contributed by atoms with van der Waals surface area (Å²) < 4.78 is 5.11. The van der Waals surface area contributed by atoms with Gasteiger partial charge in [0, 0.05) is 10.4 Å². The summed E-state index contributed by atoms with van der Waals surface area (Å²) in [6.45, 7) is 0. The summed E-state index contributed by atoms with van der Waals surface area (Å²) in [5.74, 6) is -0.161. The highest BCUT2D eigenvalue weighted by Gasteiger charge is 2.14. The number of rotatable bonds is 7. The van der Waals surface area contributed by atoms with Crippen molar-refractivity contribution >= 4 is 35.4 Å². The molecule has 0 aliphatic rings. The number of carbonyl (C=O) groups is 2. The molecular formula is C22H19N3O3S. The van der Waals surface area contributed by atoms with Crippen LogP contribution in [0.3, 0.4) is 0 Å². The van der Waals surface area contributed by atoms with Crippen LogP contribution in [0, 0.1) is 0 Å². The van der Waals surface area contributed by atoms with Gasteiger partial charge < -0.3 is 10.1 Å². The molecule has 0 saturated carbocycles. The van der Waals surface area contributed by atoms with Gasteiger partial charge >= 0.3 is 0 Å². The second kappa shape index (κ2) is 10.0. The average Bonchev–Trinajstić information content (AvgIpc) is 3.27. The van der Waals surface area contributed by atoms with E-state index in [1.807, 2.05) is 35.7 Å². The highest BCUT2D eigenvalue weighted by atomic mass is 32.1. The molecule has 3 aromatic rings. The van der Waals surface area contributed by atoms with Gasteiger partial charge in [-0.15, -0.1) is 11.3 Å². The summed E-state index contributed by atoms with van der Waals surface area (Å²) in [7, 11) is 1.59. The van der Waals surface area contributed by atoms with Crippen LogP contribution in [0.2, 0.25) is 0 Å². The van der Waals surface area contributed by atoms with Gasteiger partial charge in [0.15, 0.2) is 0 Å². The predicted octanol–water partition coefficient (Wildman–Crippen LogP) is 3.68. The van der Waals surface area contributed by atoms with Crippen LogP contribution in [0.25, 0.3) is 6.08 Å². The number of ether oxygens (including phenoxy) is 1. The number of nitrogens with zero attached hydrogens (tertiary/aromatic N) is 1. The van der Waals surface area contributed by atoms with Crippen molar-refractivity contribution in [3.8, 4) is 5.75 Å². The lowest BCUT2D eigenvalue weighted by Gasteiger charge is -2.08. The lowest BCUT2D eigenvalue weighted by atomic mass is 10.2. The molecule has 0 atom stereocenters. The zero-order valence-electron chi connectivity index (χ0n) is 15.7. The molecule has 0 radical (unpaired) electrons. The van der Waals surface area contributed by atoms with Crippen molar-refractivity contribution in [1.29, 1.82) is 0 Å². The van der Waals surface area contributed by atoms with Crippen LogP contribution in [-0.4, -0.2) is 25.1 Å². The van der Waals surface area contributed by atoms with Crippen LogP contribution in [0.4, 0.5) is 0 Å². The summed E-state index contributed by atoms with van der Waals surface area (Å²) in [6, 6.07) is 19.6. The molecular weight excluding hydrogens is 386 g/mol. The fraction of sp³-hybridized carbons (Fsp3) is 0.0455. The summed E-state index contributed by atoms with van der Waals surface area (Å²) >= 11 is 1.46. The first-order valence-corrected chi connectivity index (χ1v) is 9.63. The molecule has 2 amide bonds. The van der Waals surface area contributed by atoms with Gasteiger partial charge in [-0.25, -0.2) is 5.43 Å². The van der Waals surface area contributed by atoms with Crippen LogP contribution < -0.4 is 15.5 Å². The van der Waals surface area contributed by atoms with E-state index >= 15 is 0 Å². The normalized spacial score (nSPS) is 11.3. The van der Waals surface area contributed by atoms with E-state index in [4.69, 9.17) is 4.74 Å². The van der Waals surface area contributed by atoms with Crippen molar-refractivity contribution in [3.05, 3.63) is 93.8 Å². The number of methoxy groups -OCH3 is 1. The molecule has 0 aliphatic heterocycles. The Morgan fingerprint density at radius 3 is 2.41 bits per heavy atom. The topological polar surface area (TPSA) is 79.8 Å². The van der Waals surface area contributed by atoms with E-state index in [1.54, 1.807) is 49.6 Å². The van der Waals surface area contributed by atoms with Gasteiger partial charge in [0.05, 0.1) is 13.3 Å². The largest absolute Gasteiger partial charge is 0.497 e. The third-order valence-electron chi connectivity index (χ3n) is 3.85. The van der Waals surface area contributed by atoms with E-state index in [0.717, 1.165) is 16.2 Å². The molecule has 0 spiro atoms. The Balaban J connectivity index is 1.72.